The molecule has 1 aliphatic rings. The van der Waals surface area contributed by atoms with Crippen molar-refractivity contribution in [2.24, 2.45) is 10.9 Å². The van der Waals surface area contributed by atoms with Gasteiger partial charge in [0, 0.05) is 12.3 Å². The maximum Gasteiger partial charge on any atom is 0.347 e. The van der Waals surface area contributed by atoms with Crippen molar-refractivity contribution in [3.8, 4) is 0 Å². The predicted molar refractivity (Wildman–Crippen MR) is 41.8 cm³/mol. The zero-order valence-electron chi connectivity index (χ0n) is 6.70. The van der Waals surface area contributed by atoms with Crippen LogP contribution in [-0.2, 0) is 4.79 Å². The second kappa shape index (κ2) is 3.44. The average molecular weight is 170 g/mol. The number of nitrogens with one attached hydrogen (secondary N) is 1. The van der Waals surface area contributed by atoms with Crippen LogP contribution in [0.1, 0.15) is 13.3 Å². The van der Waals surface area contributed by atoms with Gasteiger partial charge in [-0.15, -0.1) is 0 Å². The molecule has 66 valence electrons. The smallest absolute Gasteiger partial charge is 0.347 e. The first-order chi connectivity index (χ1) is 5.65. The van der Waals surface area contributed by atoms with Gasteiger partial charge >= 0.3 is 6.03 Å². The van der Waals surface area contributed by atoms with E-state index in [0.29, 0.717) is 12.1 Å². The second-order valence-corrected chi connectivity index (χ2v) is 2.61. The second-order valence-electron chi connectivity index (χ2n) is 2.61. The van der Waals surface area contributed by atoms with Gasteiger partial charge in [-0.05, 0) is 13.3 Å². The molecular weight excluding hydrogens is 160 g/mol. The first kappa shape index (κ1) is 8.86. The first-order valence-electron chi connectivity index (χ1n) is 3.66. The molecule has 5 heteroatoms. The molecule has 3 amide bonds. The molecule has 2 N–H and O–H groups in total. The van der Waals surface area contributed by atoms with Gasteiger partial charge in [0.05, 0.1) is 5.92 Å². The summed E-state index contributed by atoms with van der Waals surface area (Å²) in [6, 6.07) is -0.619. The number of carbonyl (C=O) groups excluding carboxylic acids is 2. The number of hydrogen-bond acceptors (Lipinski definition) is 3. The normalized spacial score (nSPS) is 23.5. The number of aliphatic hydroxyl groups is 1. The van der Waals surface area contributed by atoms with Crippen LogP contribution in [0.2, 0.25) is 0 Å². The molecule has 0 spiro atoms. The van der Waals surface area contributed by atoms with Crippen molar-refractivity contribution in [2.75, 3.05) is 6.61 Å². The Labute approximate surface area is 69.5 Å². The van der Waals surface area contributed by atoms with Crippen molar-refractivity contribution < 1.29 is 14.7 Å². The fourth-order valence-corrected chi connectivity index (χ4v) is 1.12. The van der Waals surface area contributed by atoms with E-state index in [1.165, 1.54) is 0 Å². The highest BCUT2D eigenvalue weighted by Crippen LogP contribution is 2.09. The van der Waals surface area contributed by atoms with Gasteiger partial charge in [0.1, 0.15) is 0 Å². The molecule has 1 atom stereocenters. The van der Waals surface area contributed by atoms with Gasteiger partial charge in [-0.2, -0.15) is 0 Å². The van der Waals surface area contributed by atoms with E-state index in [1.54, 1.807) is 6.92 Å². The van der Waals surface area contributed by atoms with E-state index >= 15 is 0 Å². The van der Waals surface area contributed by atoms with Gasteiger partial charge < -0.3 is 5.11 Å². The lowest BCUT2D eigenvalue weighted by Crippen LogP contribution is -2.42. The van der Waals surface area contributed by atoms with E-state index in [0.717, 1.165) is 0 Å². The predicted octanol–water partition coefficient (Wildman–Crippen LogP) is -0.304. The Hall–Kier alpha value is -1.23. The number of amides is 3. The van der Waals surface area contributed by atoms with E-state index in [9.17, 15) is 9.59 Å². The summed E-state index contributed by atoms with van der Waals surface area (Å²) in [5.74, 6) is -0.825. The highest BCUT2D eigenvalue weighted by atomic mass is 16.3. The van der Waals surface area contributed by atoms with Crippen LogP contribution in [0.15, 0.2) is 4.99 Å². The van der Waals surface area contributed by atoms with Crippen LogP contribution in [0.3, 0.4) is 0 Å². The van der Waals surface area contributed by atoms with Gasteiger partial charge in [-0.3, -0.25) is 10.1 Å². The SMILES string of the molecule is CC1=NC(=O)NC(=O)C1CCO. The van der Waals surface area contributed by atoms with Crippen molar-refractivity contribution in [1.29, 1.82) is 0 Å². The van der Waals surface area contributed by atoms with Gasteiger partial charge in [0.25, 0.3) is 0 Å². The number of aliphatic hydroxyl groups excluding tert-OH is 1. The Bertz CT molecular complexity index is 247. The summed E-state index contributed by atoms with van der Waals surface area (Å²) in [5, 5.41) is 10.7. The molecule has 0 aromatic rings. The van der Waals surface area contributed by atoms with Crippen LogP contribution < -0.4 is 5.32 Å². The van der Waals surface area contributed by atoms with Gasteiger partial charge in [-0.1, -0.05) is 0 Å². The molecule has 0 aliphatic carbocycles. The summed E-state index contributed by atoms with van der Waals surface area (Å²) in [7, 11) is 0. The number of urea groups is 1. The Kier molecular flexibility index (Phi) is 2.54. The number of nitrogens with zero attached hydrogens (tertiary/aromatic N) is 1. The molecule has 0 bridgehead atoms. The molecule has 0 aromatic carbocycles. The van der Waals surface area contributed by atoms with Crippen LogP contribution in [0.25, 0.3) is 0 Å². The highest BCUT2D eigenvalue weighted by Gasteiger charge is 2.27. The molecule has 0 saturated heterocycles. The van der Waals surface area contributed by atoms with E-state index in [-0.39, 0.29) is 12.5 Å². The Morgan fingerprint density at radius 2 is 2.25 bits per heavy atom. The van der Waals surface area contributed by atoms with E-state index < -0.39 is 11.9 Å². The Morgan fingerprint density at radius 3 is 2.75 bits per heavy atom. The summed E-state index contributed by atoms with van der Waals surface area (Å²) < 4.78 is 0. The molecule has 0 radical (unpaired) electrons. The molecule has 12 heavy (non-hydrogen) atoms. The fourth-order valence-electron chi connectivity index (χ4n) is 1.12. The van der Waals surface area contributed by atoms with E-state index in [2.05, 4.69) is 10.3 Å². The summed E-state index contributed by atoms with van der Waals surface area (Å²) >= 11 is 0. The summed E-state index contributed by atoms with van der Waals surface area (Å²) in [5.41, 5.74) is 0.470. The highest BCUT2D eigenvalue weighted by molar-refractivity contribution is 6.15. The van der Waals surface area contributed by atoms with Crippen molar-refractivity contribution >= 4 is 17.6 Å². The largest absolute Gasteiger partial charge is 0.396 e. The number of aliphatic imine (C=N–C) groups is 1. The number of imide groups is 1. The lowest BCUT2D eigenvalue weighted by atomic mass is 9.99. The summed E-state index contributed by atoms with van der Waals surface area (Å²) in [6.45, 7) is 1.52. The maximum atomic E-state index is 11.1. The minimum Gasteiger partial charge on any atom is -0.396 e. The zero-order valence-corrected chi connectivity index (χ0v) is 6.70. The molecule has 0 saturated carbocycles. The van der Waals surface area contributed by atoms with Crippen LogP contribution in [0.5, 0.6) is 0 Å². The quantitative estimate of drug-likeness (QED) is 0.597. The van der Waals surface area contributed by atoms with Crippen LogP contribution in [-0.4, -0.2) is 29.4 Å². The standard InChI is InChI=1S/C7H10N2O3/c1-4-5(2-3-10)6(11)9-7(12)8-4/h5,10H,2-3H2,1H3,(H,9,11,12). The fraction of sp³-hybridized carbons (Fsp3) is 0.571. The zero-order chi connectivity index (χ0) is 9.14. The van der Waals surface area contributed by atoms with E-state index in [1.807, 2.05) is 0 Å². The maximum absolute atomic E-state index is 11.1. The molecule has 1 heterocycles. The van der Waals surface area contributed by atoms with Crippen LogP contribution in [0, 0.1) is 5.92 Å². The van der Waals surface area contributed by atoms with Crippen molar-refractivity contribution in [1.82, 2.24) is 5.32 Å². The van der Waals surface area contributed by atoms with Crippen molar-refractivity contribution in [2.45, 2.75) is 13.3 Å². The minimum atomic E-state index is -0.619. The average Bonchev–Trinajstić information content (AvgIpc) is 1.96. The van der Waals surface area contributed by atoms with Gasteiger partial charge in [-0.25, -0.2) is 9.79 Å². The third kappa shape index (κ3) is 1.68. The molecular formula is C7H10N2O3. The Balaban J connectivity index is 2.78. The summed E-state index contributed by atoms with van der Waals surface area (Å²) in [6.07, 6.45) is 0.314. The lowest BCUT2D eigenvalue weighted by molar-refractivity contribution is -0.122. The Morgan fingerprint density at radius 1 is 1.58 bits per heavy atom. The molecule has 0 fully saturated rings. The van der Waals surface area contributed by atoms with Gasteiger partial charge in [0.15, 0.2) is 0 Å². The van der Waals surface area contributed by atoms with Gasteiger partial charge in [0.2, 0.25) is 5.91 Å². The lowest BCUT2D eigenvalue weighted by Gasteiger charge is -2.17. The molecule has 1 rings (SSSR count). The number of hydrogen-bond donors (Lipinski definition) is 2. The minimum absolute atomic E-state index is 0.0842. The number of carbonyl (C=O) groups is 2. The molecule has 1 aliphatic heterocycles. The van der Waals surface area contributed by atoms with Crippen LogP contribution in [0.4, 0.5) is 4.79 Å². The first-order valence-corrected chi connectivity index (χ1v) is 3.66. The third-order valence-corrected chi connectivity index (χ3v) is 1.75. The third-order valence-electron chi connectivity index (χ3n) is 1.75. The van der Waals surface area contributed by atoms with Crippen molar-refractivity contribution in [3.63, 3.8) is 0 Å². The topological polar surface area (TPSA) is 78.8 Å². The number of rotatable bonds is 2. The molecule has 5 nitrogen and oxygen atoms in total. The molecule has 0 aromatic heterocycles. The van der Waals surface area contributed by atoms with Crippen LogP contribution >= 0.6 is 0 Å². The van der Waals surface area contributed by atoms with Crippen molar-refractivity contribution in [3.05, 3.63) is 0 Å². The summed E-state index contributed by atoms with van der Waals surface area (Å²) in [4.78, 5) is 25.3. The van der Waals surface area contributed by atoms with E-state index in [4.69, 9.17) is 5.11 Å². The molecule has 1 unspecified atom stereocenters. The monoisotopic (exact) mass is 170 g/mol.